The summed E-state index contributed by atoms with van der Waals surface area (Å²) in [5.41, 5.74) is -2.52. The predicted octanol–water partition coefficient (Wildman–Crippen LogP) is 1.97. The van der Waals surface area contributed by atoms with Crippen LogP contribution < -0.4 is 0 Å². The van der Waals surface area contributed by atoms with Crippen molar-refractivity contribution in [3.05, 3.63) is 12.2 Å². The topological polar surface area (TPSA) is 116 Å². The van der Waals surface area contributed by atoms with Crippen LogP contribution in [-0.4, -0.2) is 54.2 Å². The van der Waals surface area contributed by atoms with Crippen LogP contribution in [0.1, 0.15) is 53.4 Å². The van der Waals surface area contributed by atoms with E-state index in [1.807, 2.05) is 13.8 Å². The third kappa shape index (κ3) is 2.91. The van der Waals surface area contributed by atoms with Gasteiger partial charge in [-0.1, -0.05) is 20.4 Å². The second-order valence-corrected chi connectivity index (χ2v) is 10.7. The number of aliphatic hydroxyl groups is 1. The Kier molecular flexibility index (Phi) is 5.31. The third-order valence-electron chi connectivity index (χ3n) is 8.64. The molecule has 0 radical (unpaired) electrons. The molecule has 0 aromatic heterocycles. The Bertz CT molecular complexity index is 877. The Labute approximate surface area is 187 Å². The van der Waals surface area contributed by atoms with Gasteiger partial charge < -0.3 is 24.1 Å². The highest BCUT2D eigenvalue weighted by Crippen LogP contribution is 2.69. The van der Waals surface area contributed by atoms with E-state index in [2.05, 4.69) is 6.58 Å². The zero-order valence-corrected chi connectivity index (χ0v) is 19.1. The van der Waals surface area contributed by atoms with Crippen molar-refractivity contribution in [1.29, 1.82) is 0 Å². The van der Waals surface area contributed by atoms with Gasteiger partial charge in [-0.05, 0) is 42.6 Å². The van der Waals surface area contributed by atoms with E-state index < -0.39 is 64.3 Å². The maximum atomic E-state index is 13.3. The average molecular weight is 449 g/mol. The maximum absolute atomic E-state index is 13.3. The van der Waals surface area contributed by atoms with Gasteiger partial charge in [0.05, 0.1) is 11.5 Å². The van der Waals surface area contributed by atoms with Crippen molar-refractivity contribution in [1.82, 2.24) is 0 Å². The van der Waals surface area contributed by atoms with Crippen molar-refractivity contribution >= 4 is 24.2 Å². The summed E-state index contributed by atoms with van der Waals surface area (Å²) in [5, 5.41) is 11.3. The van der Waals surface area contributed by atoms with Gasteiger partial charge in [-0.15, -0.1) is 0 Å². The van der Waals surface area contributed by atoms with Crippen LogP contribution in [0, 0.1) is 34.0 Å². The molecule has 4 aliphatic rings. The van der Waals surface area contributed by atoms with Crippen molar-refractivity contribution < 1.29 is 38.5 Å². The van der Waals surface area contributed by atoms with E-state index in [4.69, 9.17) is 14.2 Å². The zero-order chi connectivity index (χ0) is 23.6. The Morgan fingerprint density at radius 1 is 1.22 bits per heavy atom. The molecule has 1 N–H and O–H groups in total. The number of esters is 3. The number of carbonyl (C=O) groups is 4. The van der Waals surface area contributed by atoms with Crippen molar-refractivity contribution in [2.45, 2.75) is 71.7 Å². The number of rotatable bonds is 3. The number of cyclic esters (lactones) is 1. The lowest BCUT2D eigenvalue weighted by molar-refractivity contribution is -0.267. The first kappa shape index (κ1) is 23.0. The number of aldehydes is 1. The first-order valence-corrected chi connectivity index (χ1v) is 11.3. The smallest absolute Gasteiger partial charge is 0.315 e. The molecule has 0 amide bonds. The lowest BCUT2D eigenvalue weighted by Gasteiger charge is -2.63. The molecule has 3 aliphatic carbocycles. The van der Waals surface area contributed by atoms with Crippen LogP contribution in [0.3, 0.4) is 0 Å². The highest BCUT2D eigenvalue weighted by atomic mass is 16.6. The number of hydrogen-bond acceptors (Lipinski definition) is 8. The molecule has 2 spiro atoms. The standard InChI is InChI=1S/C24H32O8/c1-12-15-8-16(31-13(2)26)19-23(9-15,20(12)28)21(29)30-11-24(19)17(10-25)22(4,5)7-6-18(24)32-14(3)27/h10,15-20,28H,1,6-9,11H2,2-5H3/t15-,16-,17+,18-,19+,20+,23-,24-/m0/s1. The van der Waals surface area contributed by atoms with E-state index in [9.17, 15) is 24.3 Å². The van der Waals surface area contributed by atoms with Crippen LogP contribution in [0.2, 0.25) is 0 Å². The molecule has 4 rings (SSSR count). The van der Waals surface area contributed by atoms with E-state index in [1.165, 1.54) is 13.8 Å². The van der Waals surface area contributed by atoms with Crippen LogP contribution in [0.4, 0.5) is 0 Å². The normalized spacial score (nSPS) is 44.4. The van der Waals surface area contributed by atoms with E-state index in [0.29, 0.717) is 31.3 Å². The van der Waals surface area contributed by atoms with Crippen LogP contribution in [0.5, 0.6) is 0 Å². The SMILES string of the molecule is C=C1[C@H]2C[C@H](OC(C)=O)[C@@H]3[C@](C2)(C(=O)OC[C@]32[C@@H](OC(C)=O)CCC(C)(C)[C@H]2C=O)[C@@H]1O. The van der Waals surface area contributed by atoms with Gasteiger partial charge in [0.1, 0.15) is 30.5 Å². The fourth-order valence-corrected chi connectivity index (χ4v) is 7.49. The van der Waals surface area contributed by atoms with Crippen molar-refractivity contribution in [2.24, 2.45) is 34.0 Å². The number of carbonyl (C=O) groups excluding carboxylic acids is 4. The molecule has 8 nitrogen and oxygen atoms in total. The summed E-state index contributed by atoms with van der Waals surface area (Å²) < 4.78 is 17.3. The quantitative estimate of drug-likeness (QED) is 0.302. The minimum atomic E-state index is -1.41. The number of hydrogen-bond donors (Lipinski definition) is 1. The highest BCUT2D eigenvalue weighted by molar-refractivity contribution is 5.82. The van der Waals surface area contributed by atoms with E-state index in [1.54, 1.807) is 0 Å². The minimum Gasteiger partial charge on any atom is -0.464 e. The monoisotopic (exact) mass is 448 g/mol. The Morgan fingerprint density at radius 3 is 2.47 bits per heavy atom. The van der Waals surface area contributed by atoms with E-state index in [0.717, 1.165) is 6.29 Å². The highest BCUT2D eigenvalue weighted by Gasteiger charge is 2.77. The van der Waals surface area contributed by atoms with Gasteiger partial charge >= 0.3 is 17.9 Å². The summed E-state index contributed by atoms with van der Waals surface area (Å²) in [6.45, 7) is 10.4. The molecule has 176 valence electrons. The molecule has 8 heteroatoms. The predicted molar refractivity (Wildman–Crippen MR) is 111 cm³/mol. The average Bonchev–Trinajstić information content (AvgIpc) is 2.88. The van der Waals surface area contributed by atoms with Crippen LogP contribution in [-0.2, 0) is 33.4 Å². The summed E-state index contributed by atoms with van der Waals surface area (Å²) in [6.07, 6.45) is -0.0387. The molecule has 0 unspecified atom stereocenters. The lowest BCUT2D eigenvalue weighted by atomic mass is 9.43. The number of aliphatic hydroxyl groups excluding tert-OH is 1. The summed E-state index contributed by atoms with van der Waals surface area (Å²) in [7, 11) is 0. The molecule has 8 atom stereocenters. The molecule has 0 aromatic rings. The molecule has 32 heavy (non-hydrogen) atoms. The summed E-state index contributed by atoms with van der Waals surface area (Å²) in [4.78, 5) is 50.2. The van der Waals surface area contributed by atoms with E-state index in [-0.39, 0.29) is 12.5 Å². The van der Waals surface area contributed by atoms with Gasteiger partial charge in [-0.25, -0.2) is 0 Å². The van der Waals surface area contributed by atoms with Crippen molar-refractivity contribution in [3.8, 4) is 0 Å². The van der Waals surface area contributed by atoms with Gasteiger partial charge in [0, 0.05) is 25.7 Å². The molecule has 1 aliphatic heterocycles. The van der Waals surface area contributed by atoms with Gasteiger partial charge in [-0.3, -0.25) is 14.4 Å². The van der Waals surface area contributed by atoms with Gasteiger partial charge in [0.25, 0.3) is 0 Å². The Morgan fingerprint density at radius 2 is 1.88 bits per heavy atom. The van der Waals surface area contributed by atoms with Gasteiger partial charge in [0.15, 0.2) is 0 Å². The summed E-state index contributed by atoms with van der Waals surface area (Å²) in [6, 6.07) is 0. The van der Waals surface area contributed by atoms with Crippen LogP contribution in [0.15, 0.2) is 12.2 Å². The molecular formula is C24H32O8. The van der Waals surface area contributed by atoms with Crippen molar-refractivity contribution in [2.75, 3.05) is 6.61 Å². The largest absolute Gasteiger partial charge is 0.464 e. The Hall–Kier alpha value is -2.22. The van der Waals surface area contributed by atoms with E-state index >= 15 is 0 Å². The molecule has 3 saturated carbocycles. The minimum absolute atomic E-state index is 0.148. The molecular weight excluding hydrogens is 416 g/mol. The molecule has 1 heterocycles. The van der Waals surface area contributed by atoms with Crippen molar-refractivity contribution in [3.63, 3.8) is 0 Å². The lowest BCUT2D eigenvalue weighted by Crippen LogP contribution is -2.72. The molecule has 4 fully saturated rings. The maximum Gasteiger partial charge on any atom is 0.315 e. The number of fused-ring (bicyclic) bond motifs is 2. The second kappa shape index (κ2) is 7.40. The summed E-state index contributed by atoms with van der Waals surface area (Å²) in [5.74, 6) is -3.22. The summed E-state index contributed by atoms with van der Waals surface area (Å²) >= 11 is 0. The van der Waals surface area contributed by atoms with Crippen LogP contribution in [0.25, 0.3) is 0 Å². The first-order chi connectivity index (χ1) is 14.9. The zero-order valence-electron chi connectivity index (χ0n) is 19.1. The fraction of sp³-hybridized carbons (Fsp3) is 0.750. The second-order valence-electron chi connectivity index (χ2n) is 10.7. The first-order valence-electron chi connectivity index (χ1n) is 11.3. The van der Waals surface area contributed by atoms with Crippen LogP contribution >= 0.6 is 0 Å². The number of ether oxygens (including phenoxy) is 3. The Balaban J connectivity index is 1.98. The third-order valence-corrected chi connectivity index (χ3v) is 8.64. The molecule has 2 bridgehead atoms. The molecule has 1 saturated heterocycles. The van der Waals surface area contributed by atoms with Gasteiger partial charge in [-0.2, -0.15) is 0 Å². The van der Waals surface area contributed by atoms with Gasteiger partial charge in [0.2, 0.25) is 0 Å². The molecule has 0 aromatic carbocycles. The fourth-order valence-electron chi connectivity index (χ4n) is 7.49.